The number of terminal acetylenes is 1. The maximum Gasteiger partial charge on any atom is 0.234 e. The summed E-state index contributed by atoms with van der Waals surface area (Å²) in [6.07, 6.45) is 10.1. The minimum Gasteiger partial charge on any atom is -0.393 e. The number of amides is 1. The third kappa shape index (κ3) is 5.52. The maximum absolute atomic E-state index is 11.7. The van der Waals surface area contributed by atoms with Gasteiger partial charge in [0.2, 0.25) is 5.91 Å². The highest BCUT2D eigenvalue weighted by atomic mass is 16.3. The largest absolute Gasteiger partial charge is 0.393 e. The number of aliphatic hydroxyl groups is 1. The summed E-state index contributed by atoms with van der Waals surface area (Å²) in [5.41, 5.74) is 0. The van der Waals surface area contributed by atoms with Gasteiger partial charge in [0, 0.05) is 6.04 Å². The summed E-state index contributed by atoms with van der Waals surface area (Å²) < 4.78 is 0. The summed E-state index contributed by atoms with van der Waals surface area (Å²) in [6.45, 7) is 3.41. The van der Waals surface area contributed by atoms with Crippen molar-refractivity contribution in [2.75, 3.05) is 19.6 Å². The lowest BCUT2D eigenvalue weighted by Crippen LogP contribution is -2.43. The lowest BCUT2D eigenvalue weighted by molar-refractivity contribution is -0.122. The predicted octanol–water partition coefficient (Wildman–Crippen LogP) is 0.751. The number of aliphatic hydroxyl groups excluding tert-OH is 1. The van der Waals surface area contributed by atoms with Gasteiger partial charge in [-0.1, -0.05) is 18.8 Å². The Morgan fingerprint density at radius 3 is 3.00 bits per heavy atom. The fourth-order valence-corrected chi connectivity index (χ4v) is 2.50. The molecular weight excluding hydrogens is 228 g/mol. The number of likely N-dealkylation sites (tertiary alicyclic amines) is 1. The molecule has 1 amide bonds. The van der Waals surface area contributed by atoms with E-state index in [1.54, 1.807) is 0 Å². The van der Waals surface area contributed by atoms with Crippen LogP contribution < -0.4 is 5.32 Å². The van der Waals surface area contributed by atoms with E-state index in [4.69, 9.17) is 6.42 Å². The average molecular weight is 252 g/mol. The molecule has 1 aliphatic heterocycles. The summed E-state index contributed by atoms with van der Waals surface area (Å²) in [6, 6.07) is 0.309. The van der Waals surface area contributed by atoms with Gasteiger partial charge in [0.1, 0.15) is 0 Å². The molecule has 1 saturated heterocycles. The molecule has 2 atom stereocenters. The zero-order chi connectivity index (χ0) is 13.4. The molecule has 1 fully saturated rings. The van der Waals surface area contributed by atoms with Crippen molar-refractivity contribution >= 4 is 5.91 Å². The van der Waals surface area contributed by atoms with Crippen LogP contribution in [0.15, 0.2) is 0 Å². The van der Waals surface area contributed by atoms with Crippen LogP contribution in [0, 0.1) is 12.3 Å². The average Bonchev–Trinajstić information content (AvgIpc) is 2.52. The first-order valence-corrected chi connectivity index (χ1v) is 6.75. The van der Waals surface area contributed by atoms with Crippen molar-refractivity contribution in [3.05, 3.63) is 0 Å². The molecule has 0 aromatic rings. The van der Waals surface area contributed by atoms with Crippen molar-refractivity contribution in [3.8, 4) is 12.3 Å². The molecule has 0 spiro atoms. The number of carbonyl (C=O) groups is 1. The van der Waals surface area contributed by atoms with E-state index in [0.29, 0.717) is 12.6 Å². The van der Waals surface area contributed by atoms with Gasteiger partial charge in [0.05, 0.1) is 19.2 Å². The van der Waals surface area contributed by atoms with Crippen LogP contribution in [-0.2, 0) is 4.79 Å². The first-order valence-electron chi connectivity index (χ1n) is 6.75. The quantitative estimate of drug-likeness (QED) is 0.710. The van der Waals surface area contributed by atoms with E-state index in [1.807, 2.05) is 6.92 Å². The van der Waals surface area contributed by atoms with E-state index in [-0.39, 0.29) is 18.6 Å². The summed E-state index contributed by atoms with van der Waals surface area (Å²) in [7, 11) is 0. The van der Waals surface area contributed by atoms with E-state index < -0.39 is 0 Å². The van der Waals surface area contributed by atoms with Crippen LogP contribution in [0.5, 0.6) is 0 Å². The van der Waals surface area contributed by atoms with Crippen LogP contribution in [0.4, 0.5) is 0 Å². The Bertz CT molecular complexity index is 297. The fourth-order valence-electron chi connectivity index (χ4n) is 2.50. The normalized spacial score (nSPS) is 22.8. The highest BCUT2D eigenvalue weighted by Gasteiger charge is 2.23. The van der Waals surface area contributed by atoms with E-state index in [9.17, 15) is 9.90 Å². The molecule has 2 N–H and O–H groups in total. The molecule has 1 aliphatic rings. The molecule has 1 rings (SSSR count). The molecule has 18 heavy (non-hydrogen) atoms. The fraction of sp³-hybridized carbons (Fsp3) is 0.786. The Labute approximate surface area is 110 Å². The van der Waals surface area contributed by atoms with Gasteiger partial charge < -0.3 is 10.4 Å². The molecule has 102 valence electrons. The van der Waals surface area contributed by atoms with E-state index in [2.05, 4.69) is 16.1 Å². The van der Waals surface area contributed by atoms with Crippen LogP contribution >= 0.6 is 0 Å². The number of hydrogen-bond donors (Lipinski definition) is 2. The lowest BCUT2D eigenvalue weighted by atomic mass is 10.0. The zero-order valence-electron chi connectivity index (χ0n) is 11.2. The molecule has 2 unspecified atom stereocenters. The summed E-state index contributed by atoms with van der Waals surface area (Å²) in [5, 5.41) is 12.2. The summed E-state index contributed by atoms with van der Waals surface area (Å²) in [4.78, 5) is 13.9. The SMILES string of the molecule is C#CCNC(=O)CN1CCCCCC1CC(C)O. The van der Waals surface area contributed by atoms with Crippen molar-refractivity contribution in [1.82, 2.24) is 10.2 Å². The maximum atomic E-state index is 11.7. The van der Waals surface area contributed by atoms with Crippen molar-refractivity contribution < 1.29 is 9.90 Å². The predicted molar refractivity (Wildman–Crippen MR) is 72.0 cm³/mol. The highest BCUT2D eigenvalue weighted by molar-refractivity contribution is 5.78. The standard InChI is InChI=1S/C14H24N2O2/c1-3-8-15-14(18)11-16-9-6-4-5-7-13(16)10-12(2)17/h1,12-13,17H,4-11H2,2H3,(H,15,18). The first kappa shape index (κ1) is 15.0. The van der Waals surface area contributed by atoms with Crippen LogP contribution in [-0.4, -0.2) is 47.7 Å². The number of nitrogens with zero attached hydrogens (tertiary/aromatic N) is 1. The monoisotopic (exact) mass is 252 g/mol. The minimum absolute atomic E-state index is 0.0227. The topological polar surface area (TPSA) is 52.6 Å². The van der Waals surface area contributed by atoms with Gasteiger partial charge in [-0.2, -0.15) is 0 Å². The molecule has 0 aromatic carbocycles. The van der Waals surface area contributed by atoms with Gasteiger partial charge >= 0.3 is 0 Å². The molecule has 1 heterocycles. The number of rotatable bonds is 5. The lowest BCUT2D eigenvalue weighted by Gasteiger charge is -2.30. The molecular formula is C14H24N2O2. The first-order chi connectivity index (χ1) is 8.63. The summed E-state index contributed by atoms with van der Waals surface area (Å²) >= 11 is 0. The van der Waals surface area contributed by atoms with Gasteiger partial charge in [-0.15, -0.1) is 6.42 Å². The molecule has 0 aromatic heterocycles. The Morgan fingerprint density at radius 1 is 1.56 bits per heavy atom. The molecule has 4 nitrogen and oxygen atoms in total. The molecule has 4 heteroatoms. The third-order valence-electron chi connectivity index (χ3n) is 3.35. The van der Waals surface area contributed by atoms with Gasteiger partial charge in [-0.25, -0.2) is 0 Å². The Kier molecular flexibility index (Phi) is 6.77. The second kappa shape index (κ2) is 8.12. The second-order valence-corrected chi connectivity index (χ2v) is 5.04. The smallest absolute Gasteiger partial charge is 0.234 e. The Balaban J connectivity index is 2.51. The van der Waals surface area contributed by atoms with E-state index in [1.165, 1.54) is 12.8 Å². The highest BCUT2D eigenvalue weighted by Crippen LogP contribution is 2.20. The van der Waals surface area contributed by atoms with Gasteiger partial charge in [0.25, 0.3) is 0 Å². The van der Waals surface area contributed by atoms with Crippen LogP contribution in [0.3, 0.4) is 0 Å². The number of hydrogen-bond acceptors (Lipinski definition) is 3. The van der Waals surface area contributed by atoms with E-state index in [0.717, 1.165) is 25.8 Å². The second-order valence-electron chi connectivity index (χ2n) is 5.04. The van der Waals surface area contributed by atoms with Gasteiger partial charge in [0.15, 0.2) is 0 Å². The number of nitrogens with one attached hydrogen (secondary N) is 1. The van der Waals surface area contributed by atoms with Crippen molar-refractivity contribution in [1.29, 1.82) is 0 Å². The minimum atomic E-state index is -0.315. The molecule has 0 radical (unpaired) electrons. The summed E-state index contributed by atoms with van der Waals surface area (Å²) in [5.74, 6) is 2.38. The van der Waals surface area contributed by atoms with Gasteiger partial charge in [-0.05, 0) is 32.7 Å². The zero-order valence-corrected chi connectivity index (χ0v) is 11.2. The van der Waals surface area contributed by atoms with Crippen LogP contribution in [0.1, 0.15) is 39.0 Å². The molecule has 0 aliphatic carbocycles. The third-order valence-corrected chi connectivity index (χ3v) is 3.35. The van der Waals surface area contributed by atoms with Gasteiger partial charge in [-0.3, -0.25) is 9.69 Å². The van der Waals surface area contributed by atoms with Crippen molar-refractivity contribution in [3.63, 3.8) is 0 Å². The van der Waals surface area contributed by atoms with Crippen LogP contribution in [0.25, 0.3) is 0 Å². The van der Waals surface area contributed by atoms with Crippen molar-refractivity contribution in [2.24, 2.45) is 0 Å². The van der Waals surface area contributed by atoms with E-state index >= 15 is 0 Å². The number of carbonyl (C=O) groups excluding carboxylic acids is 1. The van der Waals surface area contributed by atoms with Crippen LogP contribution in [0.2, 0.25) is 0 Å². The molecule has 0 saturated carbocycles. The van der Waals surface area contributed by atoms with Crippen molar-refractivity contribution in [2.45, 2.75) is 51.2 Å². The Morgan fingerprint density at radius 2 is 2.33 bits per heavy atom. The Hall–Kier alpha value is -1.05. The molecule has 0 bridgehead atoms.